The van der Waals surface area contributed by atoms with Crippen LogP contribution in [0.4, 0.5) is 0 Å². The van der Waals surface area contributed by atoms with E-state index in [-0.39, 0.29) is 5.91 Å². The molecule has 2 fully saturated rings. The van der Waals surface area contributed by atoms with Crippen LogP contribution in [0.15, 0.2) is 28.7 Å². The molecule has 2 aliphatic heterocycles. The second-order valence-electron chi connectivity index (χ2n) is 5.82. The summed E-state index contributed by atoms with van der Waals surface area (Å²) in [6.45, 7) is 0. The van der Waals surface area contributed by atoms with Gasteiger partial charge >= 0.3 is 0 Å². The van der Waals surface area contributed by atoms with Gasteiger partial charge in [-0.1, -0.05) is 28.1 Å². The third-order valence-electron chi connectivity index (χ3n) is 4.58. The molecule has 2 aliphatic rings. The maximum atomic E-state index is 12.6. The molecule has 0 N–H and O–H groups in total. The number of benzene rings is 1. The molecule has 0 aromatic heterocycles. The van der Waals surface area contributed by atoms with E-state index in [1.54, 1.807) is 7.11 Å². The number of nitrogens with zero attached hydrogens (tertiary/aromatic N) is 1. The van der Waals surface area contributed by atoms with Crippen LogP contribution in [0.25, 0.3) is 0 Å². The van der Waals surface area contributed by atoms with Gasteiger partial charge in [-0.2, -0.15) is 0 Å². The van der Waals surface area contributed by atoms with E-state index in [1.807, 2.05) is 24.3 Å². The highest BCUT2D eigenvalue weighted by atomic mass is 79.9. The summed E-state index contributed by atoms with van der Waals surface area (Å²) in [5.41, 5.74) is 1.09. The summed E-state index contributed by atoms with van der Waals surface area (Å²) in [7, 11) is 1.78. The Labute approximate surface area is 128 Å². The van der Waals surface area contributed by atoms with E-state index < -0.39 is 0 Å². The zero-order valence-electron chi connectivity index (χ0n) is 11.7. The third kappa shape index (κ3) is 2.77. The molecule has 0 radical (unpaired) electrons. The first-order chi connectivity index (χ1) is 9.67. The van der Waals surface area contributed by atoms with Crippen molar-refractivity contribution in [2.45, 2.75) is 50.3 Å². The van der Waals surface area contributed by atoms with E-state index in [1.165, 1.54) is 0 Å². The summed E-state index contributed by atoms with van der Waals surface area (Å²) < 4.78 is 6.54. The summed E-state index contributed by atoms with van der Waals surface area (Å²) in [5.74, 6) is 0.273. The van der Waals surface area contributed by atoms with Crippen molar-refractivity contribution in [2.75, 3.05) is 7.11 Å². The molecule has 4 heteroatoms. The number of ether oxygens (including phenoxy) is 1. The van der Waals surface area contributed by atoms with E-state index in [2.05, 4.69) is 20.8 Å². The highest BCUT2D eigenvalue weighted by Crippen LogP contribution is 2.37. The molecular weight excluding hydrogens is 318 g/mol. The smallest absolute Gasteiger partial charge is 0.227 e. The highest BCUT2D eigenvalue weighted by molar-refractivity contribution is 9.10. The van der Waals surface area contributed by atoms with Gasteiger partial charge in [0.1, 0.15) is 0 Å². The van der Waals surface area contributed by atoms with Crippen LogP contribution in [0.1, 0.15) is 31.2 Å². The summed E-state index contributed by atoms with van der Waals surface area (Å²) in [6, 6.07) is 8.81. The predicted octanol–water partition coefficient (Wildman–Crippen LogP) is 3.16. The monoisotopic (exact) mass is 337 g/mol. The van der Waals surface area contributed by atoms with Gasteiger partial charge in [-0.15, -0.1) is 0 Å². The maximum absolute atomic E-state index is 12.6. The van der Waals surface area contributed by atoms with Crippen LogP contribution >= 0.6 is 15.9 Å². The molecule has 2 bridgehead atoms. The first kappa shape index (κ1) is 14.1. The first-order valence-electron chi connectivity index (χ1n) is 7.26. The van der Waals surface area contributed by atoms with Gasteiger partial charge in [0.05, 0.1) is 12.5 Å². The fourth-order valence-corrected chi connectivity index (χ4v) is 3.86. The van der Waals surface area contributed by atoms with E-state index in [0.29, 0.717) is 24.6 Å². The second-order valence-corrected chi connectivity index (χ2v) is 6.73. The maximum Gasteiger partial charge on any atom is 0.227 e. The van der Waals surface area contributed by atoms with Crippen LogP contribution in [0.3, 0.4) is 0 Å². The Balaban J connectivity index is 1.67. The van der Waals surface area contributed by atoms with Crippen LogP contribution in [0.2, 0.25) is 0 Å². The summed E-state index contributed by atoms with van der Waals surface area (Å²) in [5, 5.41) is 0. The largest absolute Gasteiger partial charge is 0.381 e. The van der Waals surface area contributed by atoms with Crippen molar-refractivity contribution < 1.29 is 9.53 Å². The van der Waals surface area contributed by atoms with Gasteiger partial charge in [0.25, 0.3) is 0 Å². The SMILES string of the molecule is COC1CC2CCC(C1)N2C(=O)Cc1ccc(Br)cc1. The Morgan fingerprint density at radius 1 is 1.25 bits per heavy atom. The fraction of sp³-hybridized carbons (Fsp3) is 0.562. The number of hydrogen-bond acceptors (Lipinski definition) is 2. The molecule has 3 nitrogen and oxygen atoms in total. The lowest BCUT2D eigenvalue weighted by atomic mass is 9.98. The third-order valence-corrected chi connectivity index (χ3v) is 5.11. The van der Waals surface area contributed by atoms with Crippen LogP contribution in [0, 0.1) is 0 Å². The van der Waals surface area contributed by atoms with Crippen molar-refractivity contribution in [3.05, 3.63) is 34.3 Å². The molecule has 2 heterocycles. The first-order valence-corrected chi connectivity index (χ1v) is 8.05. The molecule has 0 aliphatic carbocycles. The number of amides is 1. The zero-order valence-corrected chi connectivity index (χ0v) is 13.3. The second kappa shape index (κ2) is 5.86. The number of hydrogen-bond donors (Lipinski definition) is 0. The molecule has 2 unspecified atom stereocenters. The van der Waals surface area contributed by atoms with Crippen LogP contribution in [-0.4, -0.2) is 36.1 Å². The van der Waals surface area contributed by atoms with Crippen molar-refractivity contribution in [2.24, 2.45) is 0 Å². The lowest BCUT2D eigenvalue weighted by molar-refractivity contribution is -0.137. The number of fused-ring (bicyclic) bond motifs is 2. The van der Waals surface area contributed by atoms with Gasteiger partial charge in [-0.05, 0) is 43.4 Å². The van der Waals surface area contributed by atoms with Crippen LogP contribution in [0.5, 0.6) is 0 Å². The van der Waals surface area contributed by atoms with Crippen molar-refractivity contribution in [1.29, 1.82) is 0 Å². The molecule has 20 heavy (non-hydrogen) atoms. The minimum Gasteiger partial charge on any atom is -0.381 e. The number of methoxy groups -OCH3 is 1. The quantitative estimate of drug-likeness (QED) is 0.847. The van der Waals surface area contributed by atoms with Gasteiger partial charge in [0.15, 0.2) is 0 Å². The highest BCUT2D eigenvalue weighted by Gasteiger charge is 2.42. The predicted molar refractivity (Wildman–Crippen MR) is 81.5 cm³/mol. The number of halogens is 1. The van der Waals surface area contributed by atoms with Crippen molar-refractivity contribution in [3.63, 3.8) is 0 Å². The Morgan fingerprint density at radius 3 is 2.40 bits per heavy atom. The lowest BCUT2D eigenvalue weighted by Crippen LogP contribution is -2.48. The number of rotatable bonds is 3. The molecule has 2 atom stereocenters. The molecule has 1 aromatic rings. The molecule has 3 rings (SSSR count). The minimum absolute atomic E-state index is 0.273. The Hall–Kier alpha value is -0.870. The fourth-order valence-electron chi connectivity index (χ4n) is 3.59. The standard InChI is InChI=1S/C16H20BrNO2/c1-20-15-9-13-6-7-14(10-15)18(13)16(19)8-11-2-4-12(17)5-3-11/h2-5,13-15H,6-10H2,1H3. The van der Waals surface area contributed by atoms with Gasteiger partial charge < -0.3 is 9.64 Å². The number of carbonyl (C=O) groups excluding carboxylic acids is 1. The van der Waals surface area contributed by atoms with Crippen molar-refractivity contribution >= 4 is 21.8 Å². The summed E-state index contributed by atoms with van der Waals surface area (Å²) in [6.07, 6.45) is 5.12. The number of piperidine rings is 1. The minimum atomic E-state index is 0.273. The molecule has 2 saturated heterocycles. The van der Waals surface area contributed by atoms with E-state index >= 15 is 0 Å². The van der Waals surface area contributed by atoms with Crippen LogP contribution < -0.4 is 0 Å². The molecule has 0 spiro atoms. The number of carbonyl (C=O) groups is 1. The average molecular weight is 338 g/mol. The van der Waals surface area contributed by atoms with Gasteiger partial charge in [-0.3, -0.25) is 4.79 Å². The van der Waals surface area contributed by atoms with Crippen molar-refractivity contribution in [3.8, 4) is 0 Å². The van der Waals surface area contributed by atoms with Gasteiger partial charge in [0, 0.05) is 23.7 Å². The summed E-state index contributed by atoms with van der Waals surface area (Å²) in [4.78, 5) is 14.7. The average Bonchev–Trinajstić information content (AvgIpc) is 2.72. The van der Waals surface area contributed by atoms with Crippen molar-refractivity contribution in [1.82, 2.24) is 4.90 Å². The Bertz CT molecular complexity index is 474. The molecule has 0 saturated carbocycles. The topological polar surface area (TPSA) is 29.5 Å². The zero-order chi connectivity index (χ0) is 14.1. The van der Waals surface area contributed by atoms with E-state index in [9.17, 15) is 4.79 Å². The molecule has 1 aromatic carbocycles. The van der Waals surface area contributed by atoms with E-state index in [4.69, 9.17) is 4.74 Å². The van der Waals surface area contributed by atoms with E-state index in [0.717, 1.165) is 35.7 Å². The normalized spacial score (nSPS) is 28.7. The van der Waals surface area contributed by atoms with Crippen LogP contribution in [-0.2, 0) is 16.0 Å². The molecule has 108 valence electrons. The lowest BCUT2D eigenvalue weighted by Gasteiger charge is -2.38. The molecular formula is C16H20BrNO2. The Morgan fingerprint density at radius 2 is 1.85 bits per heavy atom. The van der Waals surface area contributed by atoms with Gasteiger partial charge in [0.2, 0.25) is 5.91 Å². The molecule has 1 amide bonds. The Kier molecular flexibility index (Phi) is 4.13. The van der Waals surface area contributed by atoms with Gasteiger partial charge in [-0.25, -0.2) is 0 Å². The summed E-state index contributed by atoms with van der Waals surface area (Å²) >= 11 is 3.42.